The Kier molecular flexibility index (Phi) is 15.1. The summed E-state index contributed by atoms with van der Waals surface area (Å²) in [5, 5.41) is 49.9. The van der Waals surface area contributed by atoms with Crippen molar-refractivity contribution < 1.29 is 46.4 Å². The average Bonchev–Trinajstić information content (AvgIpc) is 3.90. The highest BCUT2D eigenvalue weighted by atomic mass is 79.9. The van der Waals surface area contributed by atoms with Crippen molar-refractivity contribution in [3.8, 4) is 28.1 Å². The normalized spacial score (nSPS) is 12.4. The van der Waals surface area contributed by atoms with Crippen LogP contribution in [0.25, 0.3) is 28.1 Å². The number of nitrogen functional groups attached to an aromatic ring is 2. The zero-order valence-corrected chi connectivity index (χ0v) is 31.5. The number of rotatable bonds is 11. The molecule has 0 saturated heterocycles. The van der Waals surface area contributed by atoms with Gasteiger partial charge in [-0.25, -0.2) is 24.6 Å². The maximum atomic E-state index is 13.1. The number of aromatic amines is 1. The second-order valence-corrected chi connectivity index (χ2v) is 12.7. The summed E-state index contributed by atoms with van der Waals surface area (Å²) >= 11 is 3.04. The van der Waals surface area contributed by atoms with Crippen LogP contribution in [-0.4, -0.2) is 85.5 Å². The fraction of sp³-hybridized carbons (Fsp3) is 0.235. The van der Waals surface area contributed by atoms with E-state index in [-0.39, 0.29) is 51.9 Å². The molecule has 0 bridgehead atoms. The van der Waals surface area contributed by atoms with Crippen LogP contribution < -0.4 is 11.5 Å². The first-order chi connectivity index (χ1) is 27.9. The molecule has 0 saturated carbocycles. The summed E-state index contributed by atoms with van der Waals surface area (Å²) in [7, 11) is 0. The molecular weight excluding hydrogens is 866 g/mol. The topological polar surface area (TPSA) is 277 Å². The monoisotopic (exact) mass is 896 g/mol. The number of aliphatic hydroxyl groups is 2. The van der Waals surface area contributed by atoms with Gasteiger partial charge in [0, 0.05) is 61.5 Å². The highest BCUT2D eigenvalue weighted by Gasteiger charge is 2.41. The molecule has 6 heterocycles. The molecule has 0 aliphatic rings. The molecule has 0 amide bonds. The maximum Gasteiger partial charge on any atom is 0.395 e. The summed E-state index contributed by atoms with van der Waals surface area (Å²) < 4.78 is 78.7. The first-order valence-electron chi connectivity index (χ1n) is 16.6. The van der Waals surface area contributed by atoms with Crippen LogP contribution in [-0.2, 0) is 0 Å². The number of pyridine rings is 4. The average molecular weight is 898 g/mol. The van der Waals surface area contributed by atoms with Crippen LogP contribution in [0.3, 0.4) is 0 Å². The van der Waals surface area contributed by atoms with Crippen LogP contribution in [0, 0.1) is 20.2 Å². The Morgan fingerprint density at radius 3 is 1.64 bits per heavy atom. The minimum absolute atomic E-state index is 0.0692. The number of H-pyrrole nitrogens is 1. The molecule has 312 valence electrons. The molecule has 0 spiro atoms. The predicted octanol–water partition coefficient (Wildman–Crippen LogP) is 6.68. The number of nitrogens with two attached hydrogens (primary N) is 2. The third-order valence-corrected chi connectivity index (χ3v) is 8.63. The van der Waals surface area contributed by atoms with E-state index in [1.807, 2.05) is 0 Å². The van der Waals surface area contributed by atoms with E-state index in [1.54, 1.807) is 6.20 Å². The number of nitro groups is 2. The highest BCUT2D eigenvalue weighted by Crippen LogP contribution is 2.39. The van der Waals surface area contributed by atoms with Gasteiger partial charge in [0.1, 0.15) is 4.60 Å². The van der Waals surface area contributed by atoms with Crippen molar-refractivity contribution in [1.29, 1.82) is 0 Å². The number of halogens is 7. The molecular formula is C34H31BrF6N12O6. The van der Waals surface area contributed by atoms with Crippen molar-refractivity contribution in [2.75, 3.05) is 24.7 Å². The second kappa shape index (κ2) is 19.7. The van der Waals surface area contributed by atoms with Crippen LogP contribution in [0.1, 0.15) is 35.8 Å². The van der Waals surface area contributed by atoms with Crippen molar-refractivity contribution >= 4 is 38.9 Å². The van der Waals surface area contributed by atoms with Crippen molar-refractivity contribution in [3.63, 3.8) is 0 Å². The van der Waals surface area contributed by atoms with E-state index < -0.39 is 53.7 Å². The molecule has 0 aliphatic carbocycles. The summed E-state index contributed by atoms with van der Waals surface area (Å²) in [6.45, 7) is -1.11. The van der Waals surface area contributed by atoms with Gasteiger partial charge in [-0.1, -0.05) is 12.1 Å². The lowest BCUT2D eigenvalue weighted by molar-refractivity contribution is -0.383. The Balaban J connectivity index is 0.000000215. The molecule has 0 aromatic carbocycles. The van der Waals surface area contributed by atoms with Crippen LogP contribution in [0.5, 0.6) is 0 Å². The third-order valence-electron chi connectivity index (χ3n) is 8.16. The smallest absolute Gasteiger partial charge is 0.395 e. The zero-order chi connectivity index (χ0) is 43.5. The van der Waals surface area contributed by atoms with Crippen molar-refractivity contribution in [2.24, 2.45) is 0 Å². The Morgan fingerprint density at radius 1 is 0.729 bits per heavy atom. The van der Waals surface area contributed by atoms with Gasteiger partial charge in [-0.05, 0) is 64.2 Å². The lowest BCUT2D eigenvalue weighted by Crippen LogP contribution is -2.22. The minimum atomic E-state index is -4.51. The number of nitrogens with zero attached hydrogens (tertiary/aromatic N) is 9. The van der Waals surface area contributed by atoms with E-state index in [1.165, 1.54) is 72.1 Å². The van der Waals surface area contributed by atoms with Gasteiger partial charge in [0.05, 0.1) is 45.2 Å². The predicted molar refractivity (Wildman–Crippen MR) is 201 cm³/mol. The first-order valence-corrected chi connectivity index (χ1v) is 17.4. The molecule has 6 rings (SSSR count). The SMILES string of the molecule is Nc1nccc(-c2cn[nH]c2)c1[N+](=O)[O-].Nc1nccc(-c2cnn(-c3ccc(C(CCO)C(F)(F)F)cn3)c2)c1[N+](=O)[O-].OCCC(c1ccc(Br)nc1)C(F)(F)F. The van der Waals surface area contributed by atoms with E-state index in [2.05, 4.69) is 51.2 Å². The van der Waals surface area contributed by atoms with Crippen molar-refractivity contribution in [2.45, 2.75) is 37.0 Å². The Hall–Kier alpha value is -6.60. The Bertz CT molecular complexity index is 2310. The van der Waals surface area contributed by atoms with Crippen LogP contribution in [0.4, 0.5) is 49.4 Å². The largest absolute Gasteiger partial charge is 0.396 e. The minimum Gasteiger partial charge on any atom is -0.396 e. The fourth-order valence-electron chi connectivity index (χ4n) is 5.40. The standard InChI is InChI=1S/C17H15F3N6O3.C9H9BrF3NO.C8H7N5O2/c18-17(19,20)13(4-6-27)10-1-2-14(23-7-10)25-9-11(8-24-25)12-3-5-22-16(21)15(12)26(28)29;10-8-2-1-6(5-14-8)7(3-4-15)9(11,12)13;9-8-7(13(14)15)6(1-2-10-8)5-3-11-12-4-5/h1-3,5,7-9,13,27H,4,6H2,(H2,21,22);1-2,5,7,15H,3-4H2;1-4H,(H2,9,10)(H,11,12). The van der Waals surface area contributed by atoms with E-state index in [4.69, 9.17) is 21.7 Å². The van der Waals surface area contributed by atoms with Crippen LogP contribution >= 0.6 is 15.9 Å². The number of nitrogens with one attached hydrogen (secondary N) is 1. The van der Waals surface area contributed by atoms with E-state index in [0.29, 0.717) is 21.3 Å². The van der Waals surface area contributed by atoms with Gasteiger partial charge >= 0.3 is 23.7 Å². The molecule has 0 radical (unpaired) electrons. The molecule has 0 aliphatic heterocycles. The number of alkyl halides is 6. The van der Waals surface area contributed by atoms with Gasteiger partial charge in [0.2, 0.25) is 11.6 Å². The van der Waals surface area contributed by atoms with Crippen molar-refractivity contribution in [1.82, 2.24) is 39.9 Å². The highest BCUT2D eigenvalue weighted by molar-refractivity contribution is 9.10. The second-order valence-electron chi connectivity index (χ2n) is 11.9. The zero-order valence-electron chi connectivity index (χ0n) is 29.9. The van der Waals surface area contributed by atoms with Gasteiger partial charge in [-0.3, -0.25) is 25.3 Å². The fourth-order valence-corrected chi connectivity index (χ4v) is 5.64. The van der Waals surface area contributed by atoms with Gasteiger partial charge in [0.15, 0.2) is 5.82 Å². The molecule has 18 nitrogen and oxygen atoms in total. The first kappa shape index (κ1) is 45.1. The van der Waals surface area contributed by atoms with Crippen LogP contribution in [0.2, 0.25) is 0 Å². The summed E-state index contributed by atoms with van der Waals surface area (Å²) in [6.07, 6.45) is 1.14. The van der Waals surface area contributed by atoms with E-state index in [9.17, 15) is 46.6 Å². The molecule has 0 fully saturated rings. The van der Waals surface area contributed by atoms with Gasteiger partial charge in [0.25, 0.3) is 0 Å². The van der Waals surface area contributed by atoms with E-state index >= 15 is 0 Å². The molecule has 7 N–H and O–H groups in total. The Morgan fingerprint density at radius 2 is 1.24 bits per heavy atom. The number of anilines is 2. The molecule has 6 aromatic rings. The number of aromatic nitrogens is 8. The number of hydrogen-bond donors (Lipinski definition) is 5. The van der Waals surface area contributed by atoms with Crippen LogP contribution in [0.15, 0.2) is 90.6 Å². The lowest BCUT2D eigenvalue weighted by Gasteiger charge is -2.19. The van der Waals surface area contributed by atoms with E-state index in [0.717, 1.165) is 12.4 Å². The summed E-state index contributed by atoms with van der Waals surface area (Å²) in [6, 6.07) is 8.34. The van der Waals surface area contributed by atoms with Crippen molar-refractivity contribution in [3.05, 3.63) is 122 Å². The summed E-state index contributed by atoms with van der Waals surface area (Å²) in [4.78, 5) is 36.0. The molecule has 2 unspecified atom stereocenters. The molecule has 2 atom stereocenters. The van der Waals surface area contributed by atoms with Gasteiger partial charge in [-0.15, -0.1) is 0 Å². The summed E-state index contributed by atoms with van der Waals surface area (Å²) in [5.74, 6) is -3.61. The maximum absolute atomic E-state index is 13.1. The molecule has 59 heavy (non-hydrogen) atoms. The molecule has 25 heteroatoms. The van der Waals surface area contributed by atoms with Gasteiger partial charge < -0.3 is 21.7 Å². The number of hydrogen-bond acceptors (Lipinski definition) is 14. The van der Waals surface area contributed by atoms with Gasteiger partial charge in [-0.2, -0.15) is 36.5 Å². The lowest BCUT2D eigenvalue weighted by atomic mass is 9.97. The quantitative estimate of drug-likeness (QED) is 0.0393. The molecule has 6 aromatic heterocycles. The Labute approximate surface area is 336 Å². The number of aliphatic hydroxyl groups excluding tert-OH is 2. The third kappa shape index (κ3) is 11.7. The summed E-state index contributed by atoms with van der Waals surface area (Å²) in [5.41, 5.74) is 12.0.